The molecule has 90 valence electrons. The number of hydrogen-bond donors (Lipinski definition) is 2. The van der Waals surface area contributed by atoms with Crippen LogP contribution in [0.5, 0.6) is 0 Å². The number of nitrogens with two attached hydrogens (primary N) is 1. The molecule has 15 heavy (non-hydrogen) atoms. The van der Waals surface area contributed by atoms with Crippen LogP contribution in [0.4, 0.5) is 0 Å². The fraction of sp³-hybridized carbons (Fsp3) is 1.00. The SMILES string of the molecule is CC1CCC(C(CC(C)(C)C)NN)CC1. The lowest BCUT2D eigenvalue weighted by Crippen LogP contribution is -2.44. The third kappa shape index (κ3) is 4.52. The van der Waals surface area contributed by atoms with Crippen molar-refractivity contribution in [1.82, 2.24) is 5.43 Å². The molecule has 0 bridgehead atoms. The third-order valence-electron chi connectivity index (χ3n) is 3.68. The molecule has 0 saturated heterocycles. The van der Waals surface area contributed by atoms with Gasteiger partial charge in [-0.2, -0.15) is 0 Å². The lowest BCUT2D eigenvalue weighted by molar-refractivity contribution is 0.186. The average molecular weight is 212 g/mol. The second-order valence-corrected chi connectivity index (χ2v) is 6.56. The van der Waals surface area contributed by atoms with E-state index in [1.165, 1.54) is 32.1 Å². The van der Waals surface area contributed by atoms with Crippen LogP contribution in [0.1, 0.15) is 59.8 Å². The molecule has 1 aliphatic rings. The van der Waals surface area contributed by atoms with Gasteiger partial charge in [0.05, 0.1) is 0 Å². The summed E-state index contributed by atoms with van der Waals surface area (Å²) in [6, 6.07) is 0.512. The monoisotopic (exact) mass is 212 g/mol. The first kappa shape index (κ1) is 13.0. The molecule has 1 aliphatic carbocycles. The Balaban J connectivity index is 2.44. The summed E-state index contributed by atoms with van der Waals surface area (Å²) in [5, 5.41) is 0. The summed E-state index contributed by atoms with van der Waals surface area (Å²) in [5.74, 6) is 7.42. The maximum absolute atomic E-state index is 5.70. The zero-order valence-corrected chi connectivity index (χ0v) is 10.8. The van der Waals surface area contributed by atoms with Gasteiger partial charge in [0.25, 0.3) is 0 Å². The van der Waals surface area contributed by atoms with Crippen LogP contribution < -0.4 is 11.3 Å². The molecular weight excluding hydrogens is 184 g/mol. The molecule has 0 heterocycles. The Bertz CT molecular complexity index is 175. The summed E-state index contributed by atoms with van der Waals surface area (Å²) in [6.07, 6.45) is 6.65. The molecule has 2 heteroatoms. The Morgan fingerprint density at radius 1 is 1.20 bits per heavy atom. The Hall–Kier alpha value is -0.0800. The molecule has 1 saturated carbocycles. The van der Waals surface area contributed by atoms with Gasteiger partial charge in [0, 0.05) is 6.04 Å². The van der Waals surface area contributed by atoms with Gasteiger partial charge in [-0.05, 0) is 36.5 Å². The second-order valence-electron chi connectivity index (χ2n) is 6.56. The van der Waals surface area contributed by atoms with Gasteiger partial charge in [-0.3, -0.25) is 11.3 Å². The average Bonchev–Trinajstić information content (AvgIpc) is 2.14. The minimum Gasteiger partial charge on any atom is -0.271 e. The van der Waals surface area contributed by atoms with E-state index in [4.69, 9.17) is 5.84 Å². The van der Waals surface area contributed by atoms with Crippen LogP contribution in [-0.4, -0.2) is 6.04 Å². The molecule has 1 atom stereocenters. The molecule has 1 unspecified atom stereocenters. The lowest BCUT2D eigenvalue weighted by atomic mass is 9.75. The Morgan fingerprint density at radius 2 is 1.73 bits per heavy atom. The quantitative estimate of drug-likeness (QED) is 0.557. The van der Waals surface area contributed by atoms with Crippen LogP contribution in [0.3, 0.4) is 0 Å². The molecule has 1 rings (SSSR count). The zero-order valence-electron chi connectivity index (χ0n) is 10.8. The molecule has 1 fully saturated rings. The highest BCUT2D eigenvalue weighted by atomic mass is 15.2. The van der Waals surface area contributed by atoms with Crippen molar-refractivity contribution >= 4 is 0 Å². The highest BCUT2D eigenvalue weighted by molar-refractivity contribution is 4.83. The van der Waals surface area contributed by atoms with Crippen molar-refractivity contribution in [1.29, 1.82) is 0 Å². The Kier molecular flexibility index (Phi) is 4.60. The molecule has 2 nitrogen and oxygen atoms in total. The largest absolute Gasteiger partial charge is 0.271 e. The van der Waals surface area contributed by atoms with E-state index >= 15 is 0 Å². The molecule has 0 amide bonds. The molecule has 0 aromatic rings. The Morgan fingerprint density at radius 3 is 2.13 bits per heavy atom. The predicted molar refractivity (Wildman–Crippen MR) is 66.3 cm³/mol. The highest BCUT2D eigenvalue weighted by Crippen LogP contribution is 2.34. The number of nitrogens with one attached hydrogen (secondary N) is 1. The van der Waals surface area contributed by atoms with Crippen LogP contribution in [-0.2, 0) is 0 Å². The van der Waals surface area contributed by atoms with Gasteiger partial charge in [0.1, 0.15) is 0 Å². The first-order valence-corrected chi connectivity index (χ1v) is 6.38. The number of hydrazine groups is 1. The van der Waals surface area contributed by atoms with Gasteiger partial charge < -0.3 is 0 Å². The molecule has 0 aliphatic heterocycles. The Labute approximate surface area is 95.0 Å². The molecule has 0 spiro atoms. The maximum Gasteiger partial charge on any atom is 0.0243 e. The molecule has 0 aromatic heterocycles. The third-order valence-corrected chi connectivity index (χ3v) is 3.68. The van der Waals surface area contributed by atoms with Crippen molar-refractivity contribution in [3.63, 3.8) is 0 Å². The van der Waals surface area contributed by atoms with Crippen molar-refractivity contribution in [3.8, 4) is 0 Å². The number of rotatable bonds is 3. The standard InChI is InChI=1S/C13H28N2/c1-10-5-7-11(8-6-10)12(15-14)9-13(2,3)4/h10-12,15H,5-9,14H2,1-4H3. The summed E-state index contributed by atoms with van der Waals surface area (Å²) in [5.41, 5.74) is 3.42. The fourth-order valence-electron chi connectivity index (χ4n) is 2.71. The normalized spacial score (nSPS) is 30.2. The summed E-state index contributed by atoms with van der Waals surface area (Å²) >= 11 is 0. The van der Waals surface area contributed by atoms with Crippen LogP contribution >= 0.6 is 0 Å². The van der Waals surface area contributed by atoms with Crippen molar-refractivity contribution in [2.75, 3.05) is 0 Å². The minimum atomic E-state index is 0.375. The van der Waals surface area contributed by atoms with Gasteiger partial charge >= 0.3 is 0 Å². The number of hydrogen-bond acceptors (Lipinski definition) is 2. The second kappa shape index (κ2) is 5.31. The minimum absolute atomic E-state index is 0.375. The van der Waals surface area contributed by atoms with E-state index in [2.05, 4.69) is 33.1 Å². The van der Waals surface area contributed by atoms with Crippen LogP contribution in [0.2, 0.25) is 0 Å². The van der Waals surface area contributed by atoms with Crippen molar-refractivity contribution < 1.29 is 0 Å². The zero-order chi connectivity index (χ0) is 11.5. The molecular formula is C13H28N2. The van der Waals surface area contributed by atoms with E-state index in [1.807, 2.05) is 0 Å². The summed E-state index contributed by atoms with van der Waals surface area (Å²) in [4.78, 5) is 0. The first-order valence-electron chi connectivity index (χ1n) is 6.38. The van der Waals surface area contributed by atoms with Crippen molar-refractivity contribution in [2.24, 2.45) is 23.1 Å². The van der Waals surface area contributed by atoms with Gasteiger partial charge in [0.15, 0.2) is 0 Å². The first-order chi connectivity index (χ1) is 6.92. The van der Waals surface area contributed by atoms with Gasteiger partial charge in [-0.25, -0.2) is 0 Å². The fourth-order valence-corrected chi connectivity index (χ4v) is 2.71. The molecule has 3 N–H and O–H groups in total. The summed E-state index contributed by atoms with van der Waals surface area (Å²) in [6.45, 7) is 9.25. The smallest absolute Gasteiger partial charge is 0.0243 e. The van der Waals surface area contributed by atoms with E-state index in [-0.39, 0.29) is 0 Å². The van der Waals surface area contributed by atoms with Crippen LogP contribution in [0, 0.1) is 17.3 Å². The summed E-state index contributed by atoms with van der Waals surface area (Å²) in [7, 11) is 0. The summed E-state index contributed by atoms with van der Waals surface area (Å²) < 4.78 is 0. The van der Waals surface area contributed by atoms with Crippen LogP contribution in [0.25, 0.3) is 0 Å². The van der Waals surface area contributed by atoms with Crippen LogP contribution in [0.15, 0.2) is 0 Å². The lowest BCUT2D eigenvalue weighted by Gasteiger charge is -2.35. The molecule has 0 radical (unpaired) electrons. The van der Waals surface area contributed by atoms with Gasteiger partial charge in [-0.15, -0.1) is 0 Å². The van der Waals surface area contributed by atoms with E-state index in [1.54, 1.807) is 0 Å². The van der Waals surface area contributed by atoms with E-state index < -0.39 is 0 Å². The van der Waals surface area contributed by atoms with Crippen molar-refractivity contribution in [2.45, 2.75) is 65.8 Å². The highest BCUT2D eigenvalue weighted by Gasteiger charge is 2.28. The van der Waals surface area contributed by atoms with Crippen molar-refractivity contribution in [3.05, 3.63) is 0 Å². The maximum atomic E-state index is 5.70. The van der Waals surface area contributed by atoms with E-state index in [9.17, 15) is 0 Å². The topological polar surface area (TPSA) is 38.0 Å². The van der Waals surface area contributed by atoms with Gasteiger partial charge in [-0.1, -0.05) is 40.5 Å². The van der Waals surface area contributed by atoms with Gasteiger partial charge in [0.2, 0.25) is 0 Å². The van der Waals surface area contributed by atoms with E-state index in [0.717, 1.165) is 11.8 Å². The van der Waals surface area contributed by atoms with E-state index in [0.29, 0.717) is 11.5 Å². The molecule has 0 aromatic carbocycles. The predicted octanol–water partition coefficient (Wildman–Crippen LogP) is 3.08.